The van der Waals surface area contributed by atoms with Crippen LogP contribution < -0.4 is 0 Å². The second-order valence-electron chi connectivity index (χ2n) is 8.36. The van der Waals surface area contributed by atoms with E-state index in [0.29, 0.717) is 0 Å². The summed E-state index contributed by atoms with van der Waals surface area (Å²) in [6.07, 6.45) is 0. The Morgan fingerprint density at radius 3 is 0.700 bits per heavy atom. The molecule has 0 aliphatic carbocycles. The molecule has 0 radical (unpaired) electrons. The van der Waals surface area contributed by atoms with Gasteiger partial charge in [-0.15, -0.1) is 0 Å². The molecule has 0 atom stereocenters. The fraction of sp³-hybridized carbons (Fsp3) is 1.00. The van der Waals surface area contributed by atoms with E-state index >= 15 is 0 Å². The van der Waals surface area contributed by atoms with E-state index in [1.165, 1.54) is 0 Å². The van der Waals surface area contributed by atoms with E-state index < -0.39 is 78.3 Å². The quantitative estimate of drug-likeness (QED) is 0.190. The monoisotopic (exact) mass is 750 g/mol. The first-order valence-corrected chi connectivity index (χ1v) is 33.9. The van der Waals surface area contributed by atoms with Crippen LogP contribution >= 0.6 is 0 Å². The molecule has 0 aromatic carbocycles. The van der Waals surface area contributed by atoms with Crippen molar-refractivity contribution in [2.75, 3.05) is 0 Å². The van der Waals surface area contributed by atoms with Gasteiger partial charge < -0.3 is 0 Å². The van der Waals surface area contributed by atoms with Crippen molar-refractivity contribution < 1.29 is 22.7 Å². The fourth-order valence-corrected chi connectivity index (χ4v) is 25.7. The zero-order chi connectivity index (χ0) is 22.8. The SMILES string of the molecule is C[CH2][Sn]([CH2]C)([CH2]C)[O]B1OB([O][Sn]([CH2]C)([CH2]C)[CH2]C)OB([O][Sn]([CH2]C)([CH2]C)[CH2]C)O1. The summed E-state index contributed by atoms with van der Waals surface area (Å²) in [6.45, 7) is 20.2. The molecular formula is C18H45B3O6Sn3. The van der Waals surface area contributed by atoms with Gasteiger partial charge in [-0.25, -0.2) is 0 Å². The third-order valence-electron chi connectivity index (χ3n) is 7.50. The van der Waals surface area contributed by atoms with Gasteiger partial charge in [-0.05, 0) is 0 Å². The van der Waals surface area contributed by atoms with Crippen LogP contribution in [0.15, 0.2) is 0 Å². The summed E-state index contributed by atoms with van der Waals surface area (Å²) in [5, 5.41) is 0. The average Bonchev–Trinajstić information content (AvgIpc) is 2.79. The summed E-state index contributed by atoms with van der Waals surface area (Å²) in [6, 6.07) is 0. The molecule has 174 valence electrons. The van der Waals surface area contributed by atoms with E-state index in [2.05, 4.69) is 62.3 Å². The molecule has 0 amide bonds. The molecule has 12 heteroatoms. The third-order valence-corrected chi connectivity index (χ3v) is 46.5. The summed E-state index contributed by atoms with van der Waals surface area (Å²) in [7, 11) is -2.23. The van der Waals surface area contributed by atoms with Crippen molar-refractivity contribution >= 4 is 78.3 Å². The van der Waals surface area contributed by atoms with E-state index in [9.17, 15) is 0 Å². The van der Waals surface area contributed by atoms with Gasteiger partial charge in [0.05, 0.1) is 0 Å². The van der Waals surface area contributed by atoms with Crippen molar-refractivity contribution in [2.45, 2.75) is 102 Å². The molecule has 0 spiro atoms. The molecule has 1 rings (SSSR count). The van der Waals surface area contributed by atoms with Crippen molar-refractivity contribution in [3.63, 3.8) is 0 Å². The molecule has 0 saturated carbocycles. The summed E-state index contributed by atoms with van der Waals surface area (Å²) >= 11 is -8.25. The topological polar surface area (TPSA) is 55.4 Å². The number of hydrogen-bond acceptors (Lipinski definition) is 6. The molecule has 1 aliphatic rings. The minimum absolute atomic E-state index is 0.742. The Morgan fingerprint density at radius 1 is 0.400 bits per heavy atom. The molecule has 0 bridgehead atoms. The summed E-state index contributed by atoms with van der Waals surface area (Å²) in [5.41, 5.74) is 0. The van der Waals surface area contributed by atoms with Crippen LogP contribution in [-0.4, -0.2) is 78.3 Å². The Balaban J connectivity index is 3.09. The summed E-state index contributed by atoms with van der Waals surface area (Å²) < 4.78 is 48.0. The third kappa shape index (κ3) is 8.23. The number of rotatable bonds is 15. The first kappa shape index (κ1) is 30.4. The molecule has 1 saturated heterocycles. The first-order valence-electron chi connectivity index (χ1n) is 12.3. The van der Waals surface area contributed by atoms with Crippen LogP contribution in [0, 0.1) is 0 Å². The van der Waals surface area contributed by atoms with Gasteiger partial charge in [0, 0.05) is 0 Å². The summed E-state index contributed by atoms with van der Waals surface area (Å²) in [4.78, 5) is 0. The van der Waals surface area contributed by atoms with Gasteiger partial charge in [-0.1, -0.05) is 0 Å². The van der Waals surface area contributed by atoms with Crippen LogP contribution in [0.2, 0.25) is 39.9 Å². The van der Waals surface area contributed by atoms with Gasteiger partial charge in [-0.3, -0.25) is 0 Å². The van der Waals surface area contributed by atoms with E-state index in [-0.39, 0.29) is 0 Å². The molecule has 1 heterocycles. The molecule has 6 nitrogen and oxygen atoms in total. The molecule has 0 aromatic rings. The van der Waals surface area contributed by atoms with Crippen LogP contribution in [0.4, 0.5) is 0 Å². The second-order valence-corrected chi connectivity index (χ2v) is 48.8. The van der Waals surface area contributed by atoms with E-state index in [1.807, 2.05) is 0 Å². The van der Waals surface area contributed by atoms with Crippen LogP contribution in [0.1, 0.15) is 62.3 Å². The van der Waals surface area contributed by atoms with Crippen LogP contribution in [-0.2, 0) is 22.7 Å². The van der Waals surface area contributed by atoms with Crippen LogP contribution in [0.25, 0.3) is 0 Å². The van der Waals surface area contributed by atoms with Gasteiger partial charge in [0.15, 0.2) is 0 Å². The Labute approximate surface area is 201 Å². The number of hydrogen-bond donors (Lipinski definition) is 0. The van der Waals surface area contributed by atoms with Gasteiger partial charge >= 0.3 is 203 Å². The van der Waals surface area contributed by atoms with Crippen LogP contribution in [0.3, 0.4) is 0 Å². The molecule has 0 N–H and O–H groups in total. The van der Waals surface area contributed by atoms with E-state index in [0.717, 1.165) is 39.9 Å². The molecule has 30 heavy (non-hydrogen) atoms. The van der Waals surface area contributed by atoms with Gasteiger partial charge in [0.1, 0.15) is 0 Å². The Hall–Kier alpha value is 2.35. The standard InChI is InChI=1S/9C2H5.B3O6.3Sn/c9*1-2;4-1-7-2(5)9-3(6)8-1;;;/h9*1H2,2H3;;;;/q;;;;;;;;;-3;3*+1. The van der Waals surface area contributed by atoms with Crippen molar-refractivity contribution in [3.8, 4) is 0 Å². The Kier molecular flexibility index (Phi) is 14.9. The molecule has 0 unspecified atom stereocenters. The zero-order valence-electron chi connectivity index (χ0n) is 21.0. The second kappa shape index (κ2) is 14.7. The Bertz CT molecular complexity index is 385. The Morgan fingerprint density at radius 2 is 0.567 bits per heavy atom. The first-order chi connectivity index (χ1) is 14.3. The maximum absolute atomic E-state index is 6.59. The molecular weight excluding hydrogens is 701 g/mol. The van der Waals surface area contributed by atoms with Crippen molar-refractivity contribution in [1.82, 2.24) is 0 Å². The zero-order valence-corrected chi connectivity index (χ0v) is 29.6. The molecule has 0 aromatic heterocycles. The minimum atomic E-state index is -2.75. The maximum atomic E-state index is 6.59. The predicted molar refractivity (Wildman–Crippen MR) is 135 cm³/mol. The molecule has 1 fully saturated rings. The predicted octanol–water partition coefficient (Wildman–Crippen LogP) is 6.07. The fourth-order valence-electron chi connectivity index (χ4n) is 4.15. The van der Waals surface area contributed by atoms with E-state index in [4.69, 9.17) is 22.7 Å². The van der Waals surface area contributed by atoms with Gasteiger partial charge in [0.25, 0.3) is 0 Å². The van der Waals surface area contributed by atoms with Crippen molar-refractivity contribution in [3.05, 3.63) is 0 Å². The molecule has 1 aliphatic heterocycles. The van der Waals surface area contributed by atoms with Crippen molar-refractivity contribution in [1.29, 1.82) is 0 Å². The van der Waals surface area contributed by atoms with E-state index in [1.54, 1.807) is 0 Å². The normalized spacial score (nSPS) is 16.5. The van der Waals surface area contributed by atoms with Crippen LogP contribution in [0.5, 0.6) is 0 Å². The van der Waals surface area contributed by atoms with Gasteiger partial charge in [0.2, 0.25) is 0 Å². The summed E-state index contributed by atoms with van der Waals surface area (Å²) in [5.74, 6) is 0. The van der Waals surface area contributed by atoms with Crippen molar-refractivity contribution in [2.24, 2.45) is 0 Å². The average molecular weight is 746 g/mol. The van der Waals surface area contributed by atoms with Gasteiger partial charge in [-0.2, -0.15) is 0 Å².